The second-order valence-electron chi connectivity index (χ2n) is 4.73. The van der Waals surface area contributed by atoms with Crippen LogP contribution in [-0.2, 0) is 0 Å². The zero-order valence-corrected chi connectivity index (χ0v) is 11.5. The maximum absolute atomic E-state index is 11.0. The fraction of sp³-hybridized carbons (Fsp3) is 0.462. The molecule has 5 heteroatoms. The van der Waals surface area contributed by atoms with E-state index in [4.69, 9.17) is 10.8 Å². The highest BCUT2D eigenvalue weighted by Gasteiger charge is 2.28. The lowest BCUT2D eigenvalue weighted by Crippen LogP contribution is -2.20. The average molecular weight is 314 g/mol. The molecule has 0 aliphatic heterocycles. The molecule has 4 N–H and O–H groups in total. The molecule has 0 unspecified atom stereocenters. The largest absolute Gasteiger partial charge is 0.507 e. The van der Waals surface area contributed by atoms with Crippen LogP contribution in [0, 0.1) is 5.92 Å². The first-order chi connectivity index (χ1) is 8.52. The van der Waals surface area contributed by atoms with Gasteiger partial charge in [-0.25, -0.2) is 4.79 Å². The number of carbonyl (C=O) groups is 1. The molecule has 1 aliphatic carbocycles. The van der Waals surface area contributed by atoms with Crippen molar-refractivity contribution in [3.05, 3.63) is 27.7 Å². The van der Waals surface area contributed by atoms with Gasteiger partial charge in [-0.05, 0) is 30.9 Å². The quantitative estimate of drug-likeness (QED) is 0.801. The van der Waals surface area contributed by atoms with E-state index >= 15 is 0 Å². The second-order valence-corrected chi connectivity index (χ2v) is 5.59. The summed E-state index contributed by atoms with van der Waals surface area (Å²) < 4.78 is 0.671. The number of carboxylic acids is 1. The molecule has 4 nitrogen and oxygen atoms in total. The molecular formula is C13H16BrNO3. The van der Waals surface area contributed by atoms with Crippen molar-refractivity contribution in [2.24, 2.45) is 11.7 Å². The maximum Gasteiger partial charge on any atom is 0.339 e. The third-order valence-electron chi connectivity index (χ3n) is 3.64. The highest BCUT2D eigenvalue weighted by Crippen LogP contribution is 2.41. The Labute approximate surface area is 114 Å². The molecule has 1 aliphatic rings. The number of benzene rings is 1. The van der Waals surface area contributed by atoms with Crippen LogP contribution in [0.25, 0.3) is 0 Å². The van der Waals surface area contributed by atoms with Crippen LogP contribution in [0.4, 0.5) is 0 Å². The van der Waals surface area contributed by atoms with Gasteiger partial charge in [0, 0.05) is 16.1 Å². The summed E-state index contributed by atoms with van der Waals surface area (Å²) in [6, 6.07) is 2.70. The minimum absolute atomic E-state index is 0.0957. The van der Waals surface area contributed by atoms with Crippen molar-refractivity contribution in [1.82, 2.24) is 0 Å². The van der Waals surface area contributed by atoms with Gasteiger partial charge in [-0.2, -0.15) is 0 Å². The number of phenols is 1. The van der Waals surface area contributed by atoms with E-state index in [0.29, 0.717) is 16.0 Å². The number of aromatic carboxylic acids is 1. The van der Waals surface area contributed by atoms with Crippen LogP contribution >= 0.6 is 15.9 Å². The fourth-order valence-electron chi connectivity index (χ4n) is 2.63. The van der Waals surface area contributed by atoms with Gasteiger partial charge in [-0.1, -0.05) is 28.8 Å². The minimum atomic E-state index is -1.14. The van der Waals surface area contributed by atoms with E-state index in [1.807, 2.05) is 0 Å². The summed E-state index contributed by atoms with van der Waals surface area (Å²) in [5.41, 5.74) is 6.61. The predicted octanol–water partition coefficient (Wildman–Crippen LogP) is 3.04. The Kier molecular flexibility index (Phi) is 3.92. The van der Waals surface area contributed by atoms with Gasteiger partial charge < -0.3 is 15.9 Å². The van der Waals surface area contributed by atoms with Crippen LogP contribution in [0.3, 0.4) is 0 Å². The third kappa shape index (κ3) is 2.37. The van der Waals surface area contributed by atoms with Gasteiger partial charge in [0.05, 0.1) is 0 Å². The minimum Gasteiger partial charge on any atom is -0.507 e. The van der Waals surface area contributed by atoms with Crippen molar-refractivity contribution in [3.63, 3.8) is 0 Å². The van der Waals surface area contributed by atoms with Gasteiger partial charge in [-0.15, -0.1) is 0 Å². The number of carboxylic acid groups (broad SMARTS) is 1. The van der Waals surface area contributed by atoms with Crippen molar-refractivity contribution in [1.29, 1.82) is 0 Å². The first-order valence-corrected chi connectivity index (χ1v) is 6.82. The standard InChI is InChI=1S/C13H16BrNO3/c14-9-6-5-8(13(17)18)12(16)10(9)11(15)7-3-1-2-4-7/h5-7,11,16H,1-4,15H2,(H,17,18)/t11-/m1/s1. The second kappa shape index (κ2) is 5.28. The summed E-state index contributed by atoms with van der Waals surface area (Å²) in [6.45, 7) is 0. The molecule has 0 heterocycles. The first kappa shape index (κ1) is 13.4. The number of rotatable bonds is 3. The summed E-state index contributed by atoms with van der Waals surface area (Å²) >= 11 is 3.35. The van der Waals surface area contributed by atoms with Gasteiger partial charge in [0.25, 0.3) is 0 Å². The van der Waals surface area contributed by atoms with E-state index in [0.717, 1.165) is 25.7 Å². The molecule has 1 fully saturated rings. The lowest BCUT2D eigenvalue weighted by atomic mass is 9.91. The normalized spacial score (nSPS) is 17.9. The number of nitrogens with two attached hydrogens (primary N) is 1. The van der Waals surface area contributed by atoms with Crippen molar-refractivity contribution < 1.29 is 15.0 Å². The van der Waals surface area contributed by atoms with E-state index in [2.05, 4.69) is 15.9 Å². The SMILES string of the molecule is N[C@@H](c1c(Br)ccc(C(=O)O)c1O)C1CCCC1. The number of hydrogen-bond acceptors (Lipinski definition) is 3. The lowest BCUT2D eigenvalue weighted by molar-refractivity contribution is 0.0693. The van der Waals surface area contributed by atoms with Crippen molar-refractivity contribution in [2.45, 2.75) is 31.7 Å². The van der Waals surface area contributed by atoms with Gasteiger partial charge >= 0.3 is 5.97 Å². The van der Waals surface area contributed by atoms with Crippen molar-refractivity contribution in [2.75, 3.05) is 0 Å². The van der Waals surface area contributed by atoms with E-state index in [9.17, 15) is 9.90 Å². The Hall–Kier alpha value is -1.07. The summed E-state index contributed by atoms with van der Waals surface area (Å²) in [7, 11) is 0. The maximum atomic E-state index is 11.0. The summed E-state index contributed by atoms with van der Waals surface area (Å²) in [6.07, 6.45) is 4.36. The van der Waals surface area contributed by atoms with Crippen LogP contribution in [0.2, 0.25) is 0 Å². The predicted molar refractivity (Wildman–Crippen MR) is 71.7 cm³/mol. The van der Waals surface area contributed by atoms with Crippen LogP contribution in [0.5, 0.6) is 5.75 Å². The molecule has 1 aromatic carbocycles. The number of aromatic hydroxyl groups is 1. The van der Waals surface area contributed by atoms with Crippen LogP contribution in [0.1, 0.15) is 47.6 Å². The number of hydrogen-bond donors (Lipinski definition) is 3. The average Bonchev–Trinajstić information content (AvgIpc) is 2.81. The van der Waals surface area contributed by atoms with Gasteiger partial charge in [0.2, 0.25) is 0 Å². The lowest BCUT2D eigenvalue weighted by Gasteiger charge is -2.22. The zero-order chi connectivity index (χ0) is 13.3. The molecule has 0 spiro atoms. The zero-order valence-electron chi connectivity index (χ0n) is 9.90. The Morgan fingerprint density at radius 2 is 2.00 bits per heavy atom. The van der Waals surface area contributed by atoms with Gasteiger partial charge in [0.1, 0.15) is 11.3 Å². The Morgan fingerprint density at radius 3 is 2.56 bits per heavy atom. The van der Waals surface area contributed by atoms with E-state index in [1.54, 1.807) is 6.07 Å². The van der Waals surface area contributed by atoms with Gasteiger partial charge in [-0.3, -0.25) is 0 Å². The summed E-state index contributed by atoms with van der Waals surface area (Å²) in [4.78, 5) is 11.0. The molecule has 1 atom stereocenters. The monoisotopic (exact) mass is 313 g/mol. The van der Waals surface area contributed by atoms with Crippen LogP contribution < -0.4 is 5.73 Å². The highest BCUT2D eigenvalue weighted by molar-refractivity contribution is 9.10. The summed E-state index contributed by atoms with van der Waals surface area (Å²) in [5.74, 6) is -1.03. The van der Waals surface area contributed by atoms with Crippen LogP contribution in [-0.4, -0.2) is 16.2 Å². The molecular weight excluding hydrogens is 298 g/mol. The topological polar surface area (TPSA) is 83.6 Å². The summed E-state index contributed by atoms with van der Waals surface area (Å²) in [5, 5.41) is 19.1. The van der Waals surface area contributed by atoms with Crippen molar-refractivity contribution in [3.8, 4) is 5.75 Å². The fourth-order valence-corrected chi connectivity index (χ4v) is 3.21. The molecule has 1 saturated carbocycles. The third-order valence-corrected chi connectivity index (χ3v) is 4.33. The number of halogens is 1. The molecule has 18 heavy (non-hydrogen) atoms. The molecule has 0 bridgehead atoms. The van der Waals surface area contributed by atoms with Crippen LogP contribution in [0.15, 0.2) is 16.6 Å². The molecule has 0 radical (unpaired) electrons. The smallest absolute Gasteiger partial charge is 0.339 e. The molecule has 1 aromatic rings. The van der Waals surface area contributed by atoms with E-state index in [1.165, 1.54) is 6.07 Å². The van der Waals surface area contributed by atoms with E-state index in [-0.39, 0.29) is 17.4 Å². The molecule has 0 amide bonds. The first-order valence-electron chi connectivity index (χ1n) is 6.02. The molecule has 0 saturated heterocycles. The van der Waals surface area contributed by atoms with Crippen molar-refractivity contribution >= 4 is 21.9 Å². The highest BCUT2D eigenvalue weighted by atomic mass is 79.9. The molecule has 2 rings (SSSR count). The molecule has 0 aromatic heterocycles. The Bertz CT molecular complexity index is 470. The van der Waals surface area contributed by atoms with E-state index < -0.39 is 5.97 Å². The Morgan fingerprint density at radius 1 is 1.39 bits per heavy atom. The Balaban J connectivity index is 2.42. The molecule has 98 valence electrons. The van der Waals surface area contributed by atoms with Gasteiger partial charge in [0.15, 0.2) is 0 Å².